The molecule has 0 aromatic rings. The fraction of sp³-hybridized carbons (Fsp3) is 0.667. The molecule has 0 aromatic heterocycles. The van der Waals surface area contributed by atoms with Gasteiger partial charge in [0.05, 0.1) is 0 Å². The molecular weight excluding hydrogens is 655 g/mol. The molecule has 0 aliphatic rings. The van der Waals surface area contributed by atoms with Crippen LogP contribution in [-0.4, -0.2) is 47.0 Å². The molecule has 10 heteroatoms. The Hall–Kier alpha value is 1.24. The third-order valence-electron chi connectivity index (χ3n) is 1.61. The van der Waals surface area contributed by atoms with E-state index in [0.29, 0.717) is 0 Å². The van der Waals surface area contributed by atoms with Crippen LogP contribution < -0.4 is 0 Å². The summed E-state index contributed by atoms with van der Waals surface area (Å²) in [5.41, 5.74) is 0. The molecular formula is C9H12GaI3O6. The Morgan fingerprint density at radius 3 is 1.11 bits per heavy atom. The first-order chi connectivity index (χ1) is 8.65. The predicted octanol–water partition coefficient (Wildman–Crippen LogP) is 2.07. The zero-order valence-electron chi connectivity index (χ0n) is 10.4. The van der Waals surface area contributed by atoms with E-state index in [0.717, 1.165) is 0 Å². The van der Waals surface area contributed by atoms with Crippen LogP contribution in [0.2, 0.25) is 0 Å². The fourth-order valence-corrected chi connectivity index (χ4v) is 5.60. The third-order valence-corrected chi connectivity index (χ3v) is 5.81. The van der Waals surface area contributed by atoms with E-state index in [1.54, 1.807) is 20.8 Å². The monoisotopic (exact) mass is 666 g/mol. The molecule has 0 aliphatic carbocycles. The van der Waals surface area contributed by atoms with E-state index >= 15 is 0 Å². The van der Waals surface area contributed by atoms with Crippen molar-refractivity contribution in [2.45, 2.75) is 32.5 Å². The molecule has 19 heavy (non-hydrogen) atoms. The molecule has 6 nitrogen and oxygen atoms in total. The van der Waals surface area contributed by atoms with Crippen LogP contribution in [0.1, 0.15) is 20.8 Å². The average molecular weight is 667 g/mol. The molecule has 0 saturated carbocycles. The van der Waals surface area contributed by atoms with E-state index in [2.05, 4.69) is 0 Å². The van der Waals surface area contributed by atoms with Crippen molar-refractivity contribution in [1.29, 1.82) is 0 Å². The second-order valence-corrected chi connectivity index (χ2v) is 11.7. The SMILES string of the molecule is CC(I)C(=O)[O][Ga]([O]C(=O)C(C)I)[O]C(=O)C(C)I. The van der Waals surface area contributed by atoms with Gasteiger partial charge in [0.25, 0.3) is 0 Å². The molecule has 0 heterocycles. The minimum absolute atomic E-state index is 0.405. The number of hydrogen-bond acceptors (Lipinski definition) is 6. The summed E-state index contributed by atoms with van der Waals surface area (Å²) in [6.45, 7) is 4.90. The molecule has 0 bridgehead atoms. The standard InChI is InChI=1S/3C3H5IO2.Ga/c3*1-2(4)3(5)6;/h3*2H,1H3,(H,5,6);/q;;;+3/p-3. The second-order valence-electron chi connectivity index (χ2n) is 3.45. The number of carbonyl (C=O) groups is 3. The molecule has 0 spiro atoms. The third kappa shape index (κ3) is 8.97. The Bertz CT molecular complexity index is 295. The van der Waals surface area contributed by atoms with Crippen molar-refractivity contribution < 1.29 is 25.0 Å². The van der Waals surface area contributed by atoms with Gasteiger partial charge in [-0.1, -0.05) is 0 Å². The summed E-state index contributed by atoms with van der Waals surface area (Å²) in [4.78, 5) is 34.5. The molecule has 0 aliphatic heterocycles. The molecule has 0 N–H and O–H groups in total. The summed E-state index contributed by atoms with van der Waals surface area (Å²) in [7, 11) is 0. The minimum atomic E-state index is -3.66. The molecule has 3 atom stereocenters. The Labute approximate surface area is 158 Å². The van der Waals surface area contributed by atoms with Gasteiger partial charge in [-0.25, -0.2) is 0 Å². The van der Waals surface area contributed by atoms with Crippen molar-refractivity contribution in [1.82, 2.24) is 0 Å². The van der Waals surface area contributed by atoms with Gasteiger partial charge >= 0.3 is 161 Å². The van der Waals surface area contributed by atoms with E-state index in [-0.39, 0.29) is 0 Å². The number of alkyl halides is 3. The van der Waals surface area contributed by atoms with Gasteiger partial charge in [0, 0.05) is 0 Å². The number of halogens is 3. The first-order valence-electron chi connectivity index (χ1n) is 5.18. The summed E-state index contributed by atoms with van der Waals surface area (Å²) in [6, 6.07) is 0. The van der Waals surface area contributed by atoms with Crippen molar-refractivity contribution in [3.63, 3.8) is 0 Å². The van der Waals surface area contributed by atoms with Crippen LogP contribution in [0.15, 0.2) is 0 Å². The van der Waals surface area contributed by atoms with E-state index in [1.165, 1.54) is 0 Å². The van der Waals surface area contributed by atoms with Crippen LogP contribution in [-0.2, 0) is 25.0 Å². The van der Waals surface area contributed by atoms with Crippen molar-refractivity contribution >= 4 is 103 Å². The van der Waals surface area contributed by atoms with Crippen LogP contribution in [0.3, 0.4) is 0 Å². The van der Waals surface area contributed by atoms with Gasteiger partial charge in [-0.05, 0) is 0 Å². The molecule has 0 amide bonds. The number of hydrogen-bond donors (Lipinski definition) is 0. The van der Waals surface area contributed by atoms with Gasteiger partial charge in [-0.3, -0.25) is 0 Å². The van der Waals surface area contributed by atoms with Gasteiger partial charge in [0.15, 0.2) is 0 Å². The molecule has 0 aromatic carbocycles. The summed E-state index contributed by atoms with van der Waals surface area (Å²) >= 11 is 1.94. The van der Waals surface area contributed by atoms with Crippen LogP contribution in [0, 0.1) is 0 Å². The fourth-order valence-electron chi connectivity index (χ4n) is 0.638. The van der Waals surface area contributed by atoms with E-state index in [4.69, 9.17) is 10.6 Å². The van der Waals surface area contributed by atoms with Crippen molar-refractivity contribution in [3.05, 3.63) is 0 Å². The van der Waals surface area contributed by atoms with Crippen LogP contribution in [0.4, 0.5) is 0 Å². The normalized spacial score (nSPS) is 14.8. The number of carbonyl (C=O) groups excluding carboxylic acids is 3. The maximum absolute atomic E-state index is 11.5. The Balaban J connectivity index is 4.68. The first kappa shape index (κ1) is 20.2. The molecule has 0 radical (unpaired) electrons. The van der Waals surface area contributed by atoms with E-state index in [9.17, 15) is 14.4 Å². The summed E-state index contributed by atoms with van der Waals surface area (Å²) in [6.07, 6.45) is 0. The summed E-state index contributed by atoms with van der Waals surface area (Å²) in [5.74, 6) is -1.64. The van der Waals surface area contributed by atoms with Crippen molar-refractivity contribution in [2.75, 3.05) is 0 Å². The zero-order valence-corrected chi connectivity index (χ0v) is 19.3. The van der Waals surface area contributed by atoms with Gasteiger partial charge in [0.2, 0.25) is 0 Å². The van der Waals surface area contributed by atoms with Crippen LogP contribution in [0.25, 0.3) is 0 Å². The number of rotatable bonds is 6. The van der Waals surface area contributed by atoms with Crippen molar-refractivity contribution in [2.24, 2.45) is 0 Å². The molecule has 0 saturated heterocycles. The Kier molecular flexibility index (Phi) is 10.7. The molecule has 0 rings (SSSR count). The first-order valence-corrected chi connectivity index (χ1v) is 11.9. The van der Waals surface area contributed by atoms with Crippen LogP contribution in [0.5, 0.6) is 0 Å². The van der Waals surface area contributed by atoms with Crippen LogP contribution >= 0.6 is 67.8 Å². The average Bonchev–Trinajstić information content (AvgIpc) is 2.27. The van der Waals surface area contributed by atoms with Gasteiger partial charge in [-0.2, -0.15) is 0 Å². The molecule has 3 unspecified atom stereocenters. The van der Waals surface area contributed by atoms with Gasteiger partial charge in [0.1, 0.15) is 0 Å². The topological polar surface area (TPSA) is 78.9 Å². The van der Waals surface area contributed by atoms with E-state index in [1.807, 2.05) is 67.8 Å². The van der Waals surface area contributed by atoms with Gasteiger partial charge < -0.3 is 0 Å². The second kappa shape index (κ2) is 10.0. The summed E-state index contributed by atoms with van der Waals surface area (Å²) < 4.78 is 13.8. The quantitative estimate of drug-likeness (QED) is 0.246. The molecule has 108 valence electrons. The maximum atomic E-state index is 11.5. The Morgan fingerprint density at radius 2 is 0.947 bits per heavy atom. The zero-order chi connectivity index (χ0) is 15.2. The van der Waals surface area contributed by atoms with E-state index < -0.39 is 47.0 Å². The predicted molar refractivity (Wildman–Crippen MR) is 94.5 cm³/mol. The molecule has 0 fully saturated rings. The van der Waals surface area contributed by atoms with Crippen molar-refractivity contribution in [3.8, 4) is 0 Å². The van der Waals surface area contributed by atoms with Gasteiger partial charge in [-0.15, -0.1) is 0 Å². The summed E-state index contributed by atoms with van der Waals surface area (Å²) in [5, 5.41) is 0. The Morgan fingerprint density at radius 1 is 0.737 bits per heavy atom.